The summed E-state index contributed by atoms with van der Waals surface area (Å²) >= 11 is 0. The van der Waals surface area contributed by atoms with Gasteiger partial charge in [0.1, 0.15) is 12.2 Å². The quantitative estimate of drug-likeness (QED) is 0.564. The van der Waals surface area contributed by atoms with Gasteiger partial charge in [-0.2, -0.15) is 0 Å². The van der Waals surface area contributed by atoms with Gasteiger partial charge >= 0.3 is 0 Å². The van der Waals surface area contributed by atoms with E-state index in [0.717, 1.165) is 5.56 Å². The van der Waals surface area contributed by atoms with Crippen LogP contribution in [0.1, 0.15) is 34.1 Å². The molecule has 1 aromatic carbocycles. The Bertz CT molecular complexity index is 939. The lowest BCUT2D eigenvalue weighted by molar-refractivity contribution is -0.132. The highest BCUT2D eigenvalue weighted by molar-refractivity contribution is 7.10. The maximum absolute atomic E-state index is 13.5. The number of ketones is 2. The highest BCUT2D eigenvalue weighted by Crippen LogP contribution is 2.51. The fourth-order valence-electron chi connectivity index (χ4n) is 4.11. The number of fused-ring (bicyclic) bond motifs is 2. The molecule has 7 nitrogen and oxygen atoms in total. The van der Waals surface area contributed by atoms with Gasteiger partial charge in [-0.1, -0.05) is 36.4 Å². The maximum atomic E-state index is 13.5. The number of hydrogen-bond donors (Lipinski definition) is 0. The van der Waals surface area contributed by atoms with Crippen LogP contribution in [0.2, 0.25) is 0 Å². The van der Waals surface area contributed by atoms with Crippen molar-refractivity contribution in [3.63, 3.8) is 0 Å². The van der Waals surface area contributed by atoms with Crippen molar-refractivity contribution in [2.24, 2.45) is 5.92 Å². The van der Waals surface area contributed by atoms with Crippen molar-refractivity contribution in [3.05, 3.63) is 59.4 Å². The lowest BCUT2D eigenvalue weighted by Gasteiger charge is -2.45. The summed E-state index contributed by atoms with van der Waals surface area (Å²) in [6, 6.07) is 9.18. The molecule has 0 amide bonds. The van der Waals surface area contributed by atoms with Gasteiger partial charge in [0.15, 0.2) is 11.5 Å². The predicted molar refractivity (Wildman–Crippen MR) is 104 cm³/mol. The van der Waals surface area contributed by atoms with E-state index in [4.69, 9.17) is 13.8 Å². The lowest BCUT2D eigenvalue weighted by Crippen LogP contribution is -2.60. The number of carbonyl (C=O) groups excluding carboxylic acids is 2. The van der Waals surface area contributed by atoms with Crippen molar-refractivity contribution >= 4 is 21.0 Å². The number of hydrogen-bond acceptors (Lipinski definition) is 7. The number of benzene rings is 1. The van der Waals surface area contributed by atoms with E-state index in [1.54, 1.807) is 6.08 Å². The van der Waals surface area contributed by atoms with E-state index in [1.807, 2.05) is 49.3 Å². The fraction of sp³-hybridized carbons (Fsp3) is 0.350. The lowest BCUT2D eigenvalue weighted by atomic mass is 9.65. The molecule has 1 unspecified atom stereocenters. The highest BCUT2D eigenvalue weighted by Gasteiger charge is 2.62. The molecule has 0 saturated carbocycles. The minimum Gasteiger partial charge on any atom is -0.470 e. The standard InChI is InChI=1S/C20H21N2O5P/c1-22(2)16-13-9-6-10-14(23)20(13,27-28)18(24)15-17(16)26-21-19(15)25-11-12-7-4-3-5-8-12/h3-8,10,13,16H,9,11,28H2,1-2H3/t13-,16-,20-/m0/s1. The summed E-state index contributed by atoms with van der Waals surface area (Å²) in [7, 11) is 5.83. The fourth-order valence-corrected chi connectivity index (χ4v) is 4.51. The largest absolute Gasteiger partial charge is 0.470 e. The molecule has 2 aromatic rings. The summed E-state index contributed by atoms with van der Waals surface area (Å²) in [6.07, 6.45) is 3.69. The third-order valence-electron chi connectivity index (χ3n) is 5.41. The molecule has 2 aliphatic carbocycles. The van der Waals surface area contributed by atoms with Gasteiger partial charge in [-0.15, -0.1) is 0 Å². The van der Waals surface area contributed by atoms with Crippen LogP contribution in [0, 0.1) is 5.92 Å². The van der Waals surface area contributed by atoms with Gasteiger partial charge in [-0.25, -0.2) is 0 Å². The molecule has 28 heavy (non-hydrogen) atoms. The van der Waals surface area contributed by atoms with E-state index >= 15 is 0 Å². The van der Waals surface area contributed by atoms with Crippen molar-refractivity contribution in [2.45, 2.75) is 24.7 Å². The number of rotatable bonds is 5. The zero-order chi connectivity index (χ0) is 19.9. The van der Waals surface area contributed by atoms with Crippen LogP contribution >= 0.6 is 9.47 Å². The van der Waals surface area contributed by atoms with Crippen LogP contribution in [-0.4, -0.2) is 41.3 Å². The molecular weight excluding hydrogens is 379 g/mol. The molecule has 0 spiro atoms. The molecule has 0 N–H and O–H groups in total. The van der Waals surface area contributed by atoms with Gasteiger partial charge in [0, 0.05) is 15.4 Å². The smallest absolute Gasteiger partial charge is 0.265 e. The number of ether oxygens (including phenoxy) is 1. The van der Waals surface area contributed by atoms with Crippen molar-refractivity contribution in [1.82, 2.24) is 10.1 Å². The maximum Gasteiger partial charge on any atom is 0.265 e. The van der Waals surface area contributed by atoms with E-state index in [1.165, 1.54) is 6.08 Å². The molecule has 0 fully saturated rings. The molecule has 4 atom stereocenters. The zero-order valence-electron chi connectivity index (χ0n) is 15.6. The molecule has 1 heterocycles. The molecule has 0 aliphatic heterocycles. The molecule has 1 aromatic heterocycles. The van der Waals surface area contributed by atoms with Gasteiger partial charge < -0.3 is 13.8 Å². The molecule has 4 rings (SSSR count). The molecule has 0 bridgehead atoms. The first-order valence-corrected chi connectivity index (χ1v) is 9.44. The molecule has 8 heteroatoms. The summed E-state index contributed by atoms with van der Waals surface area (Å²) in [5.74, 6) is -0.787. The third-order valence-corrected chi connectivity index (χ3v) is 5.78. The Kier molecular flexibility index (Phi) is 4.91. The molecule has 146 valence electrons. The normalized spacial score (nSPS) is 26.3. The third kappa shape index (κ3) is 2.73. The van der Waals surface area contributed by atoms with Crippen LogP contribution < -0.4 is 4.74 Å². The number of allylic oxidation sites excluding steroid dienone is 1. The average Bonchev–Trinajstić information content (AvgIpc) is 3.11. The second-order valence-corrected chi connectivity index (χ2v) is 7.44. The van der Waals surface area contributed by atoms with Gasteiger partial charge in [0.2, 0.25) is 11.4 Å². The van der Waals surface area contributed by atoms with Crippen molar-refractivity contribution < 1.29 is 23.4 Å². The Labute approximate surface area is 164 Å². The number of aromatic nitrogens is 1. The SMILES string of the molecule is CN(C)[C@@H]1c2onc(OCc3ccccc3)c2C(=O)[C@@]2(OP)C(=O)C=CC[C@@H]12. The molecular formula is C20H21N2O5P. The summed E-state index contributed by atoms with van der Waals surface area (Å²) in [6.45, 7) is 0.228. The first-order valence-electron chi connectivity index (χ1n) is 8.97. The van der Waals surface area contributed by atoms with Crippen molar-refractivity contribution in [1.29, 1.82) is 0 Å². The first kappa shape index (κ1) is 19.0. The summed E-state index contributed by atoms with van der Waals surface area (Å²) in [4.78, 5) is 28.2. The van der Waals surface area contributed by atoms with Crippen LogP contribution in [0.3, 0.4) is 0 Å². The zero-order valence-corrected chi connectivity index (χ0v) is 16.8. The number of Topliss-reactive ketones (excluding diaryl/α,β-unsaturated/α-hetero) is 1. The van der Waals surface area contributed by atoms with E-state index < -0.39 is 17.3 Å². The number of carbonyl (C=O) groups is 2. The Morgan fingerprint density at radius 2 is 2.04 bits per heavy atom. The van der Waals surface area contributed by atoms with Crippen LogP contribution in [0.4, 0.5) is 0 Å². The van der Waals surface area contributed by atoms with E-state index in [-0.39, 0.29) is 29.9 Å². The minimum absolute atomic E-state index is 0.0814. The van der Waals surface area contributed by atoms with E-state index in [9.17, 15) is 9.59 Å². The van der Waals surface area contributed by atoms with Crippen molar-refractivity contribution in [3.8, 4) is 5.88 Å². The Morgan fingerprint density at radius 3 is 2.71 bits per heavy atom. The van der Waals surface area contributed by atoms with Crippen molar-refractivity contribution in [2.75, 3.05) is 14.1 Å². The Morgan fingerprint density at radius 1 is 1.29 bits per heavy atom. The topological polar surface area (TPSA) is 81.9 Å². The van der Waals surface area contributed by atoms with Crippen LogP contribution in [-0.2, 0) is 15.9 Å². The van der Waals surface area contributed by atoms with Crippen LogP contribution in [0.25, 0.3) is 0 Å². The van der Waals surface area contributed by atoms with Gasteiger partial charge in [-0.3, -0.25) is 14.5 Å². The average molecular weight is 400 g/mol. The predicted octanol–water partition coefficient (Wildman–Crippen LogP) is 2.74. The minimum atomic E-state index is -1.63. The second-order valence-electron chi connectivity index (χ2n) is 7.20. The van der Waals surface area contributed by atoms with Gasteiger partial charge in [-0.05, 0) is 37.3 Å². The summed E-state index contributed by atoms with van der Waals surface area (Å²) in [5, 5.41) is 4.01. The molecule has 0 saturated heterocycles. The monoisotopic (exact) mass is 400 g/mol. The first-order chi connectivity index (χ1) is 13.5. The van der Waals surface area contributed by atoms with Crippen LogP contribution in [0.15, 0.2) is 47.0 Å². The number of nitrogens with zero attached hydrogens (tertiary/aromatic N) is 2. The molecule has 0 radical (unpaired) electrons. The highest BCUT2D eigenvalue weighted by atomic mass is 31.0. The van der Waals surface area contributed by atoms with E-state index in [2.05, 4.69) is 14.6 Å². The summed E-state index contributed by atoms with van der Waals surface area (Å²) in [5.41, 5.74) is -0.521. The Balaban J connectivity index is 1.78. The van der Waals surface area contributed by atoms with E-state index in [0.29, 0.717) is 12.2 Å². The van der Waals surface area contributed by atoms with Gasteiger partial charge in [0.25, 0.3) is 5.88 Å². The molecule has 2 aliphatic rings. The van der Waals surface area contributed by atoms with Crippen LogP contribution in [0.5, 0.6) is 5.88 Å². The van der Waals surface area contributed by atoms with Gasteiger partial charge in [0.05, 0.1) is 6.04 Å². The summed E-state index contributed by atoms with van der Waals surface area (Å²) < 4.78 is 16.9. The Hall–Kier alpha value is -2.34. The second kappa shape index (κ2) is 7.24.